The Morgan fingerprint density at radius 2 is 1.00 bits per heavy atom. The molecule has 0 aromatic carbocycles. The molecule has 6 unspecified atom stereocenters. The van der Waals surface area contributed by atoms with Crippen molar-refractivity contribution in [3.05, 3.63) is 24.3 Å². The monoisotopic (exact) mass is 875 g/mol. The van der Waals surface area contributed by atoms with Gasteiger partial charge >= 0.3 is 11.9 Å². The van der Waals surface area contributed by atoms with E-state index in [-0.39, 0.29) is 19.4 Å². The third kappa shape index (κ3) is 31.9. The van der Waals surface area contributed by atoms with E-state index in [2.05, 4.69) is 38.2 Å². The van der Waals surface area contributed by atoms with Crippen LogP contribution in [0.2, 0.25) is 0 Å². The topological polar surface area (TPSA) is 186 Å². The van der Waals surface area contributed by atoms with E-state index in [1.807, 2.05) is 0 Å². The lowest BCUT2D eigenvalue weighted by atomic mass is 10.00. The van der Waals surface area contributed by atoms with Crippen LogP contribution in [0.15, 0.2) is 24.3 Å². The van der Waals surface area contributed by atoms with Gasteiger partial charge in [0, 0.05) is 12.8 Å². The quantitative estimate of drug-likeness (QED) is 0.0198. The molecule has 4 N–H and O–H groups in total. The molecule has 1 aliphatic heterocycles. The summed E-state index contributed by atoms with van der Waals surface area (Å²) in [6.45, 7) is 3.75. The maximum Gasteiger partial charge on any atom is 0.306 e. The van der Waals surface area contributed by atoms with Gasteiger partial charge in [0.1, 0.15) is 36.8 Å². The summed E-state index contributed by atoms with van der Waals surface area (Å²) >= 11 is 0. The zero-order chi connectivity index (χ0) is 44.1. The second-order valence-corrected chi connectivity index (χ2v) is 18.3. The highest BCUT2D eigenvalue weighted by Gasteiger charge is 2.46. The van der Waals surface area contributed by atoms with Gasteiger partial charge < -0.3 is 34.3 Å². The number of rotatable bonds is 40. The number of allylic oxidation sites excluding steroid dienone is 4. The normalized spacial score (nSPS) is 20.3. The molecule has 1 aliphatic rings. The molecule has 60 heavy (non-hydrogen) atoms. The number of hydrogen-bond donors (Lipinski definition) is 4. The molecular formula is C47H86O12S. The number of esters is 2. The van der Waals surface area contributed by atoms with Crippen LogP contribution in [0.5, 0.6) is 0 Å². The van der Waals surface area contributed by atoms with Crippen molar-refractivity contribution in [3.8, 4) is 0 Å². The Bertz CT molecular complexity index is 1210. The van der Waals surface area contributed by atoms with Crippen molar-refractivity contribution in [2.45, 2.75) is 243 Å². The van der Waals surface area contributed by atoms with Gasteiger partial charge in [0.25, 0.3) is 10.1 Å². The molecule has 0 saturated carbocycles. The van der Waals surface area contributed by atoms with E-state index in [0.717, 1.165) is 57.8 Å². The number of unbranched alkanes of at least 4 members (excludes halogenated alkanes) is 24. The minimum absolute atomic E-state index is 0.158. The highest BCUT2D eigenvalue weighted by Crippen LogP contribution is 2.24. The Hall–Kier alpha value is -1.87. The van der Waals surface area contributed by atoms with Crippen LogP contribution in [-0.4, -0.2) is 96.0 Å². The molecule has 1 fully saturated rings. The highest BCUT2D eigenvalue weighted by molar-refractivity contribution is 7.85. The molecule has 12 nitrogen and oxygen atoms in total. The molecule has 0 spiro atoms. The summed E-state index contributed by atoms with van der Waals surface area (Å²) in [7, 11) is -4.60. The summed E-state index contributed by atoms with van der Waals surface area (Å²) in [5.74, 6) is -1.98. The van der Waals surface area contributed by atoms with Gasteiger partial charge in [-0.3, -0.25) is 14.1 Å². The van der Waals surface area contributed by atoms with E-state index in [4.69, 9.17) is 18.9 Å². The lowest BCUT2D eigenvalue weighted by molar-refractivity contribution is -0.297. The SMILES string of the molecule is CCCCC/C=C\C/C=C\CCCCCCCCCC(=O)OC(COC(=O)CCCCCCCCCCCCCCCCC)COC1OC(CS(=O)(=O)O)C(O)C(O)C1O. The molecular weight excluding hydrogens is 789 g/mol. The van der Waals surface area contributed by atoms with Gasteiger partial charge in [-0.15, -0.1) is 0 Å². The number of aliphatic hydroxyl groups is 3. The fourth-order valence-corrected chi connectivity index (χ4v) is 7.99. The van der Waals surface area contributed by atoms with E-state index >= 15 is 0 Å². The van der Waals surface area contributed by atoms with E-state index in [1.54, 1.807) is 0 Å². The van der Waals surface area contributed by atoms with E-state index in [0.29, 0.717) is 12.8 Å². The van der Waals surface area contributed by atoms with Gasteiger partial charge in [-0.1, -0.05) is 173 Å². The molecule has 1 saturated heterocycles. The average molecular weight is 875 g/mol. The molecule has 0 amide bonds. The fourth-order valence-electron chi connectivity index (χ4n) is 7.30. The maximum atomic E-state index is 12.8. The Kier molecular flexibility index (Phi) is 35.2. The minimum Gasteiger partial charge on any atom is -0.462 e. The number of ether oxygens (including phenoxy) is 4. The summed E-state index contributed by atoms with van der Waals surface area (Å²) < 4.78 is 54.1. The molecule has 0 aliphatic carbocycles. The van der Waals surface area contributed by atoms with Crippen LogP contribution in [0.25, 0.3) is 0 Å². The Morgan fingerprint density at radius 3 is 1.50 bits per heavy atom. The Morgan fingerprint density at radius 1 is 0.567 bits per heavy atom. The van der Waals surface area contributed by atoms with Crippen LogP contribution >= 0.6 is 0 Å². The molecule has 0 aromatic heterocycles. The predicted molar refractivity (Wildman–Crippen MR) is 238 cm³/mol. The smallest absolute Gasteiger partial charge is 0.306 e. The molecule has 6 atom stereocenters. The van der Waals surface area contributed by atoms with Crippen LogP contribution < -0.4 is 0 Å². The van der Waals surface area contributed by atoms with Crippen molar-refractivity contribution in [1.29, 1.82) is 0 Å². The average Bonchev–Trinajstić information content (AvgIpc) is 3.21. The summed E-state index contributed by atoms with van der Waals surface area (Å²) in [5, 5.41) is 30.9. The third-order valence-corrected chi connectivity index (χ3v) is 11.8. The van der Waals surface area contributed by atoms with Crippen LogP contribution in [0.4, 0.5) is 0 Å². The van der Waals surface area contributed by atoms with Gasteiger partial charge in [0.2, 0.25) is 0 Å². The first kappa shape index (κ1) is 56.1. The summed E-state index contributed by atoms with van der Waals surface area (Å²) in [4.78, 5) is 25.4. The fraction of sp³-hybridized carbons (Fsp3) is 0.872. The van der Waals surface area contributed by atoms with Gasteiger partial charge in [-0.25, -0.2) is 0 Å². The molecule has 13 heteroatoms. The summed E-state index contributed by atoms with van der Waals surface area (Å²) in [6, 6.07) is 0. The van der Waals surface area contributed by atoms with Crippen LogP contribution in [0.3, 0.4) is 0 Å². The molecule has 1 heterocycles. The Labute approximate surface area is 364 Å². The molecule has 0 radical (unpaired) electrons. The lowest BCUT2D eigenvalue weighted by Gasteiger charge is -2.40. The number of hydrogen-bond acceptors (Lipinski definition) is 11. The second kappa shape index (κ2) is 37.7. The first-order chi connectivity index (χ1) is 29.0. The maximum absolute atomic E-state index is 12.8. The third-order valence-electron chi connectivity index (χ3n) is 11.0. The standard InChI is InChI=1S/C47H86O12S/c1-3-5-7-9-11-13-15-17-19-20-22-24-26-28-30-32-34-36-43(49)58-40(38-57-47-46(52)45(51)44(50)41(59-47)39-60(53,54)55)37-56-42(48)35-33-31-29-27-25-23-21-18-16-14-12-10-8-6-4-2/h11,13,17,19,40-41,44-47,50-52H,3-10,12,14-16,18,20-39H2,1-2H3,(H,53,54,55)/b13-11-,19-17-. The van der Waals surface area contributed by atoms with Crippen LogP contribution in [-0.2, 0) is 38.7 Å². The first-order valence-corrected chi connectivity index (χ1v) is 25.5. The van der Waals surface area contributed by atoms with Crippen LogP contribution in [0, 0.1) is 0 Å². The van der Waals surface area contributed by atoms with Crippen molar-refractivity contribution < 1.29 is 56.8 Å². The summed E-state index contributed by atoms with van der Waals surface area (Å²) in [5.41, 5.74) is 0. The van der Waals surface area contributed by atoms with Gasteiger partial charge in [0.05, 0.1) is 6.61 Å². The lowest BCUT2D eigenvalue weighted by Crippen LogP contribution is -2.60. The first-order valence-electron chi connectivity index (χ1n) is 23.9. The second-order valence-electron chi connectivity index (χ2n) is 16.8. The molecule has 352 valence electrons. The largest absolute Gasteiger partial charge is 0.462 e. The van der Waals surface area contributed by atoms with E-state index in [1.165, 1.54) is 109 Å². The Balaban J connectivity index is 2.42. The van der Waals surface area contributed by atoms with Gasteiger partial charge in [-0.2, -0.15) is 8.42 Å². The zero-order valence-electron chi connectivity index (χ0n) is 37.6. The number of carbonyl (C=O) groups is 2. The van der Waals surface area contributed by atoms with Crippen molar-refractivity contribution in [2.75, 3.05) is 19.0 Å². The predicted octanol–water partition coefficient (Wildman–Crippen LogP) is 10.0. The van der Waals surface area contributed by atoms with Crippen LogP contribution in [0.1, 0.15) is 206 Å². The van der Waals surface area contributed by atoms with Gasteiger partial charge in [0.15, 0.2) is 12.4 Å². The highest BCUT2D eigenvalue weighted by atomic mass is 32.2. The number of carbonyl (C=O) groups excluding carboxylic acids is 2. The number of aliphatic hydroxyl groups excluding tert-OH is 3. The van der Waals surface area contributed by atoms with E-state index < -0.39 is 71.2 Å². The van der Waals surface area contributed by atoms with Crippen molar-refractivity contribution >= 4 is 22.1 Å². The van der Waals surface area contributed by atoms with Crippen molar-refractivity contribution in [3.63, 3.8) is 0 Å². The molecule has 0 bridgehead atoms. The zero-order valence-corrected chi connectivity index (χ0v) is 38.4. The van der Waals surface area contributed by atoms with Crippen molar-refractivity contribution in [2.24, 2.45) is 0 Å². The minimum atomic E-state index is -4.60. The molecule has 0 aromatic rings. The van der Waals surface area contributed by atoms with Gasteiger partial charge in [-0.05, 0) is 44.9 Å². The molecule has 1 rings (SSSR count). The van der Waals surface area contributed by atoms with E-state index in [9.17, 15) is 37.9 Å². The summed E-state index contributed by atoms with van der Waals surface area (Å²) in [6.07, 6.45) is 32.1. The van der Waals surface area contributed by atoms with Crippen molar-refractivity contribution in [1.82, 2.24) is 0 Å².